The van der Waals surface area contributed by atoms with Gasteiger partial charge in [-0.3, -0.25) is 0 Å². The fourth-order valence-corrected chi connectivity index (χ4v) is 1.57. The monoisotopic (exact) mass is 221 g/mol. The average molecular weight is 222 g/mol. The Labute approximate surface area is 92.3 Å². The van der Waals surface area contributed by atoms with Crippen molar-refractivity contribution in [2.75, 3.05) is 5.73 Å². The van der Waals surface area contributed by atoms with Crippen LogP contribution in [-0.4, -0.2) is 0 Å². The topological polar surface area (TPSA) is 26.0 Å². The van der Waals surface area contributed by atoms with Crippen molar-refractivity contribution < 1.29 is 4.39 Å². The lowest BCUT2D eigenvalue weighted by Gasteiger charge is -2.03. The summed E-state index contributed by atoms with van der Waals surface area (Å²) in [6.07, 6.45) is 0. The predicted molar refractivity (Wildman–Crippen MR) is 61.3 cm³/mol. The first-order valence-corrected chi connectivity index (χ1v) is 4.85. The molecular formula is C12H9ClFN. The average Bonchev–Trinajstić information content (AvgIpc) is 2.22. The van der Waals surface area contributed by atoms with Crippen molar-refractivity contribution in [2.24, 2.45) is 0 Å². The first kappa shape index (κ1) is 9.99. The summed E-state index contributed by atoms with van der Waals surface area (Å²) in [7, 11) is 0. The van der Waals surface area contributed by atoms with E-state index < -0.39 is 5.82 Å². The molecule has 0 aliphatic heterocycles. The lowest BCUT2D eigenvalue weighted by Crippen LogP contribution is -1.90. The van der Waals surface area contributed by atoms with Crippen molar-refractivity contribution in [1.29, 1.82) is 0 Å². The summed E-state index contributed by atoms with van der Waals surface area (Å²) in [6.45, 7) is 0. The summed E-state index contributed by atoms with van der Waals surface area (Å²) in [5, 5.41) is 0.629. The number of hydrogen-bond donors (Lipinski definition) is 1. The van der Waals surface area contributed by atoms with Crippen LogP contribution in [-0.2, 0) is 0 Å². The molecule has 2 N–H and O–H groups in total. The molecule has 2 aromatic carbocycles. The van der Waals surface area contributed by atoms with Gasteiger partial charge in [-0.1, -0.05) is 29.8 Å². The van der Waals surface area contributed by atoms with E-state index in [0.29, 0.717) is 5.02 Å². The van der Waals surface area contributed by atoms with E-state index in [1.54, 1.807) is 24.3 Å². The second kappa shape index (κ2) is 3.91. The zero-order valence-corrected chi connectivity index (χ0v) is 8.63. The molecule has 0 amide bonds. The van der Waals surface area contributed by atoms with Crippen molar-refractivity contribution >= 4 is 17.3 Å². The molecule has 0 aromatic heterocycles. The Morgan fingerprint density at radius 2 is 1.73 bits per heavy atom. The quantitative estimate of drug-likeness (QED) is 0.730. The van der Waals surface area contributed by atoms with E-state index in [2.05, 4.69) is 0 Å². The van der Waals surface area contributed by atoms with Gasteiger partial charge in [0.2, 0.25) is 0 Å². The molecule has 0 atom stereocenters. The normalized spacial score (nSPS) is 10.3. The molecule has 0 aliphatic rings. The minimum atomic E-state index is -0.410. The molecule has 0 fully saturated rings. The van der Waals surface area contributed by atoms with Crippen LogP contribution in [0.2, 0.25) is 5.02 Å². The van der Waals surface area contributed by atoms with Gasteiger partial charge in [-0.05, 0) is 35.4 Å². The van der Waals surface area contributed by atoms with E-state index in [-0.39, 0.29) is 5.69 Å². The zero-order chi connectivity index (χ0) is 10.8. The first-order valence-electron chi connectivity index (χ1n) is 4.48. The van der Waals surface area contributed by atoms with Gasteiger partial charge in [-0.25, -0.2) is 4.39 Å². The van der Waals surface area contributed by atoms with Crippen LogP contribution in [0.1, 0.15) is 0 Å². The summed E-state index contributed by atoms with van der Waals surface area (Å²) in [5.74, 6) is -0.410. The van der Waals surface area contributed by atoms with E-state index >= 15 is 0 Å². The van der Waals surface area contributed by atoms with Crippen LogP contribution < -0.4 is 5.73 Å². The lowest BCUT2D eigenvalue weighted by atomic mass is 10.1. The molecule has 0 heterocycles. The Kier molecular flexibility index (Phi) is 2.60. The molecule has 1 nitrogen and oxygen atoms in total. The zero-order valence-electron chi connectivity index (χ0n) is 7.87. The molecular weight excluding hydrogens is 213 g/mol. The molecule has 0 saturated heterocycles. The standard InChI is InChI=1S/C12H9ClFN/c13-10-3-1-2-8(6-10)9-4-5-12(15)11(14)7-9/h1-7H,15H2. The summed E-state index contributed by atoms with van der Waals surface area (Å²) in [4.78, 5) is 0. The molecule has 2 aromatic rings. The number of nitrogen functional groups attached to an aromatic ring is 1. The highest BCUT2D eigenvalue weighted by Crippen LogP contribution is 2.25. The first-order chi connectivity index (χ1) is 7.16. The summed E-state index contributed by atoms with van der Waals surface area (Å²) < 4.78 is 13.2. The molecule has 2 rings (SSSR count). The van der Waals surface area contributed by atoms with Crippen molar-refractivity contribution in [3.63, 3.8) is 0 Å². The Hall–Kier alpha value is -1.54. The number of hydrogen-bond acceptors (Lipinski definition) is 1. The van der Waals surface area contributed by atoms with Gasteiger partial charge in [0.05, 0.1) is 5.69 Å². The summed E-state index contributed by atoms with van der Waals surface area (Å²) in [5.41, 5.74) is 7.19. The molecule has 0 saturated carbocycles. The van der Waals surface area contributed by atoms with Crippen LogP contribution in [0.25, 0.3) is 11.1 Å². The van der Waals surface area contributed by atoms with Crippen molar-refractivity contribution in [2.45, 2.75) is 0 Å². The van der Waals surface area contributed by atoms with Crippen LogP contribution in [0, 0.1) is 5.82 Å². The van der Waals surface area contributed by atoms with Crippen LogP contribution in [0.4, 0.5) is 10.1 Å². The molecule has 0 bridgehead atoms. The maximum absolute atomic E-state index is 13.2. The molecule has 0 spiro atoms. The maximum Gasteiger partial charge on any atom is 0.146 e. The van der Waals surface area contributed by atoms with Crippen molar-refractivity contribution in [1.82, 2.24) is 0 Å². The van der Waals surface area contributed by atoms with Crippen molar-refractivity contribution in [3.05, 3.63) is 53.3 Å². The minimum Gasteiger partial charge on any atom is -0.396 e. The summed E-state index contributed by atoms with van der Waals surface area (Å²) >= 11 is 5.85. The third kappa shape index (κ3) is 2.10. The van der Waals surface area contributed by atoms with Gasteiger partial charge in [-0.15, -0.1) is 0 Å². The SMILES string of the molecule is Nc1ccc(-c2cccc(Cl)c2)cc1F. The second-order valence-corrected chi connectivity index (χ2v) is 3.68. The predicted octanol–water partition coefficient (Wildman–Crippen LogP) is 3.73. The van der Waals surface area contributed by atoms with Gasteiger partial charge in [0, 0.05) is 5.02 Å². The molecule has 0 unspecified atom stereocenters. The lowest BCUT2D eigenvalue weighted by molar-refractivity contribution is 0.633. The highest BCUT2D eigenvalue weighted by Gasteiger charge is 2.02. The van der Waals surface area contributed by atoms with Gasteiger partial charge < -0.3 is 5.73 Å². The molecule has 3 heteroatoms. The maximum atomic E-state index is 13.2. The van der Waals surface area contributed by atoms with E-state index in [0.717, 1.165) is 11.1 Å². The van der Waals surface area contributed by atoms with Gasteiger partial charge in [0.15, 0.2) is 0 Å². The van der Waals surface area contributed by atoms with Crippen molar-refractivity contribution in [3.8, 4) is 11.1 Å². The number of anilines is 1. The molecule has 15 heavy (non-hydrogen) atoms. The molecule has 76 valence electrons. The summed E-state index contributed by atoms with van der Waals surface area (Å²) in [6, 6.07) is 12.0. The van der Waals surface area contributed by atoms with Gasteiger partial charge in [-0.2, -0.15) is 0 Å². The Morgan fingerprint density at radius 1 is 1.00 bits per heavy atom. The van der Waals surface area contributed by atoms with E-state index in [1.165, 1.54) is 6.07 Å². The fraction of sp³-hybridized carbons (Fsp3) is 0. The van der Waals surface area contributed by atoms with Crippen LogP contribution in [0.3, 0.4) is 0 Å². The number of halogens is 2. The Bertz CT molecular complexity index is 497. The van der Waals surface area contributed by atoms with Gasteiger partial charge in [0.25, 0.3) is 0 Å². The number of nitrogens with two attached hydrogens (primary N) is 1. The molecule has 0 aliphatic carbocycles. The fourth-order valence-electron chi connectivity index (χ4n) is 1.37. The second-order valence-electron chi connectivity index (χ2n) is 3.25. The van der Waals surface area contributed by atoms with E-state index in [9.17, 15) is 4.39 Å². The number of rotatable bonds is 1. The largest absolute Gasteiger partial charge is 0.396 e. The van der Waals surface area contributed by atoms with E-state index in [4.69, 9.17) is 17.3 Å². The number of benzene rings is 2. The van der Waals surface area contributed by atoms with Gasteiger partial charge in [0.1, 0.15) is 5.82 Å². The highest BCUT2D eigenvalue weighted by molar-refractivity contribution is 6.30. The minimum absolute atomic E-state index is 0.153. The van der Waals surface area contributed by atoms with E-state index in [1.807, 2.05) is 12.1 Å². The molecule has 0 radical (unpaired) electrons. The van der Waals surface area contributed by atoms with Crippen LogP contribution in [0.15, 0.2) is 42.5 Å². The third-order valence-electron chi connectivity index (χ3n) is 2.16. The smallest absolute Gasteiger partial charge is 0.146 e. The van der Waals surface area contributed by atoms with Gasteiger partial charge >= 0.3 is 0 Å². The van der Waals surface area contributed by atoms with Crippen LogP contribution in [0.5, 0.6) is 0 Å². The van der Waals surface area contributed by atoms with Crippen LogP contribution >= 0.6 is 11.6 Å². The highest BCUT2D eigenvalue weighted by atomic mass is 35.5. The third-order valence-corrected chi connectivity index (χ3v) is 2.39. The Morgan fingerprint density at radius 3 is 2.40 bits per heavy atom. The Balaban J connectivity index is 2.50.